The summed E-state index contributed by atoms with van der Waals surface area (Å²) in [6.07, 6.45) is 2.56. The Morgan fingerprint density at radius 2 is 2.38 bits per heavy atom. The van der Waals surface area contributed by atoms with Crippen molar-refractivity contribution in [3.8, 4) is 0 Å². The zero-order chi connectivity index (χ0) is 12.0. The summed E-state index contributed by atoms with van der Waals surface area (Å²) in [7, 11) is 0. The minimum Gasteiger partial charge on any atom is -0.396 e. The summed E-state index contributed by atoms with van der Waals surface area (Å²) >= 11 is 0. The number of amides is 1. The van der Waals surface area contributed by atoms with Crippen LogP contribution >= 0.6 is 0 Å². The van der Waals surface area contributed by atoms with Crippen molar-refractivity contribution in [1.82, 2.24) is 10.3 Å². The van der Waals surface area contributed by atoms with Crippen molar-refractivity contribution >= 4 is 5.91 Å². The van der Waals surface area contributed by atoms with E-state index in [1.807, 2.05) is 26.0 Å². The Bertz CT molecular complexity index is 353. The smallest absolute Gasteiger partial charge is 0.226 e. The molecule has 0 aromatic carbocycles. The maximum absolute atomic E-state index is 11.6. The first-order valence-electron chi connectivity index (χ1n) is 5.44. The Kier molecular flexibility index (Phi) is 4.92. The van der Waals surface area contributed by atoms with Gasteiger partial charge >= 0.3 is 0 Å². The summed E-state index contributed by atoms with van der Waals surface area (Å²) in [5.41, 5.74) is 1.82. The molecule has 4 heteroatoms. The van der Waals surface area contributed by atoms with Gasteiger partial charge in [-0.15, -0.1) is 0 Å². The molecule has 0 aliphatic rings. The van der Waals surface area contributed by atoms with Crippen LogP contribution in [0.15, 0.2) is 18.3 Å². The lowest BCUT2D eigenvalue weighted by Crippen LogP contribution is -2.34. The van der Waals surface area contributed by atoms with Gasteiger partial charge in [-0.05, 0) is 31.9 Å². The number of nitrogens with zero attached hydrogens (tertiary/aromatic N) is 1. The zero-order valence-corrected chi connectivity index (χ0v) is 9.73. The number of nitrogens with one attached hydrogen (secondary N) is 1. The Morgan fingerprint density at radius 3 is 3.00 bits per heavy atom. The number of hydrogen-bond donors (Lipinski definition) is 2. The second-order valence-electron chi connectivity index (χ2n) is 3.92. The third kappa shape index (κ3) is 3.98. The van der Waals surface area contributed by atoms with Crippen LogP contribution in [0.2, 0.25) is 0 Å². The van der Waals surface area contributed by atoms with E-state index in [9.17, 15) is 4.79 Å². The summed E-state index contributed by atoms with van der Waals surface area (Å²) in [6, 6.07) is 3.79. The van der Waals surface area contributed by atoms with Crippen LogP contribution < -0.4 is 5.32 Å². The molecule has 1 amide bonds. The topological polar surface area (TPSA) is 62.2 Å². The molecule has 1 atom stereocenters. The highest BCUT2D eigenvalue weighted by molar-refractivity contribution is 5.78. The van der Waals surface area contributed by atoms with Crippen molar-refractivity contribution in [2.75, 3.05) is 6.61 Å². The predicted octanol–water partition coefficient (Wildman–Crippen LogP) is 0.820. The molecule has 0 radical (unpaired) electrons. The Balaban J connectivity index is 2.49. The second kappa shape index (κ2) is 6.23. The summed E-state index contributed by atoms with van der Waals surface area (Å²) in [4.78, 5) is 15.8. The van der Waals surface area contributed by atoms with Crippen LogP contribution in [-0.4, -0.2) is 28.6 Å². The van der Waals surface area contributed by atoms with Gasteiger partial charge in [0.25, 0.3) is 0 Å². The third-order valence-corrected chi connectivity index (χ3v) is 2.42. The Hall–Kier alpha value is -1.42. The molecule has 0 spiro atoms. The number of aliphatic hydroxyl groups is 1. The number of carbonyl (C=O) groups is 1. The molecule has 16 heavy (non-hydrogen) atoms. The van der Waals surface area contributed by atoms with E-state index in [0.29, 0.717) is 12.8 Å². The molecule has 0 saturated carbocycles. The molecule has 88 valence electrons. The average molecular weight is 222 g/mol. The molecule has 1 aromatic rings. The molecule has 0 fully saturated rings. The number of rotatable bonds is 5. The number of aromatic nitrogens is 1. The SMILES string of the molecule is Cc1cccnc1CC(=O)NC(C)CCO. The highest BCUT2D eigenvalue weighted by Gasteiger charge is 2.09. The van der Waals surface area contributed by atoms with E-state index < -0.39 is 0 Å². The van der Waals surface area contributed by atoms with Gasteiger partial charge in [-0.25, -0.2) is 0 Å². The van der Waals surface area contributed by atoms with Gasteiger partial charge in [0.2, 0.25) is 5.91 Å². The van der Waals surface area contributed by atoms with E-state index in [4.69, 9.17) is 5.11 Å². The summed E-state index contributed by atoms with van der Waals surface area (Å²) in [6.45, 7) is 3.90. The lowest BCUT2D eigenvalue weighted by molar-refractivity contribution is -0.121. The van der Waals surface area contributed by atoms with E-state index in [1.165, 1.54) is 0 Å². The molecule has 0 saturated heterocycles. The molecule has 1 rings (SSSR count). The number of hydrogen-bond acceptors (Lipinski definition) is 3. The minimum absolute atomic E-state index is 0.00141. The van der Waals surface area contributed by atoms with Gasteiger partial charge in [0.15, 0.2) is 0 Å². The maximum atomic E-state index is 11.6. The first kappa shape index (κ1) is 12.6. The van der Waals surface area contributed by atoms with Crippen LogP contribution in [0.5, 0.6) is 0 Å². The van der Waals surface area contributed by atoms with Crippen molar-refractivity contribution in [2.24, 2.45) is 0 Å². The quantitative estimate of drug-likeness (QED) is 0.775. The van der Waals surface area contributed by atoms with Gasteiger partial charge < -0.3 is 10.4 Å². The monoisotopic (exact) mass is 222 g/mol. The molecule has 4 nitrogen and oxygen atoms in total. The minimum atomic E-state index is -0.0530. The lowest BCUT2D eigenvalue weighted by atomic mass is 10.1. The molecule has 2 N–H and O–H groups in total. The van der Waals surface area contributed by atoms with Gasteiger partial charge in [-0.1, -0.05) is 6.07 Å². The number of aryl methyl sites for hydroxylation is 1. The van der Waals surface area contributed by atoms with Crippen molar-refractivity contribution in [1.29, 1.82) is 0 Å². The Labute approximate surface area is 95.7 Å². The number of pyridine rings is 1. The van der Waals surface area contributed by atoms with E-state index in [2.05, 4.69) is 10.3 Å². The molecule has 1 heterocycles. The van der Waals surface area contributed by atoms with Crippen molar-refractivity contribution in [3.63, 3.8) is 0 Å². The van der Waals surface area contributed by atoms with E-state index in [1.54, 1.807) is 6.20 Å². The van der Waals surface area contributed by atoms with Crippen molar-refractivity contribution < 1.29 is 9.90 Å². The lowest BCUT2D eigenvalue weighted by Gasteiger charge is -2.12. The summed E-state index contributed by atoms with van der Waals surface area (Å²) in [5, 5.41) is 11.5. The predicted molar refractivity (Wildman–Crippen MR) is 62.0 cm³/mol. The fourth-order valence-electron chi connectivity index (χ4n) is 1.45. The highest BCUT2D eigenvalue weighted by Crippen LogP contribution is 2.04. The van der Waals surface area contributed by atoms with Crippen LogP contribution in [0.4, 0.5) is 0 Å². The first-order chi connectivity index (χ1) is 7.63. The standard InChI is InChI=1S/C12H18N2O2/c1-9-4-3-6-13-11(9)8-12(16)14-10(2)5-7-15/h3-4,6,10,15H,5,7-8H2,1-2H3,(H,14,16). The van der Waals surface area contributed by atoms with Crippen LogP contribution in [0.3, 0.4) is 0 Å². The molecular formula is C12H18N2O2. The molecule has 0 aliphatic heterocycles. The summed E-state index contributed by atoms with van der Waals surface area (Å²) < 4.78 is 0. The number of carbonyl (C=O) groups excluding carboxylic acids is 1. The summed E-state index contributed by atoms with van der Waals surface area (Å²) in [5.74, 6) is -0.0530. The van der Waals surface area contributed by atoms with E-state index in [0.717, 1.165) is 11.3 Å². The van der Waals surface area contributed by atoms with Crippen molar-refractivity contribution in [2.45, 2.75) is 32.7 Å². The molecule has 1 unspecified atom stereocenters. The zero-order valence-electron chi connectivity index (χ0n) is 9.73. The number of aliphatic hydroxyl groups excluding tert-OH is 1. The second-order valence-corrected chi connectivity index (χ2v) is 3.92. The van der Waals surface area contributed by atoms with Crippen LogP contribution in [0, 0.1) is 6.92 Å². The van der Waals surface area contributed by atoms with Gasteiger partial charge in [-0.2, -0.15) is 0 Å². The largest absolute Gasteiger partial charge is 0.396 e. The molecule has 0 aliphatic carbocycles. The van der Waals surface area contributed by atoms with Gasteiger partial charge in [0.05, 0.1) is 12.1 Å². The van der Waals surface area contributed by atoms with Crippen LogP contribution in [0.1, 0.15) is 24.6 Å². The fourth-order valence-corrected chi connectivity index (χ4v) is 1.45. The highest BCUT2D eigenvalue weighted by atomic mass is 16.3. The van der Waals surface area contributed by atoms with Gasteiger partial charge in [0.1, 0.15) is 0 Å². The van der Waals surface area contributed by atoms with Crippen molar-refractivity contribution in [3.05, 3.63) is 29.6 Å². The van der Waals surface area contributed by atoms with Gasteiger partial charge in [-0.3, -0.25) is 9.78 Å². The maximum Gasteiger partial charge on any atom is 0.226 e. The first-order valence-corrected chi connectivity index (χ1v) is 5.44. The van der Waals surface area contributed by atoms with E-state index >= 15 is 0 Å². The van der Waals surface area contributed by atoms with Gasteiger partial charge in [0, 0.05) is 18.8 Å². The Morgan fingerprint density at radius 1 is 1.62 bits per heavy atom. The molecule has 1 aromatic heterocycles. The van der Waals surface area contributed by atoms with E-state index in [-0.39, 0.29) is 18.6 Å². The molecule has 0 bridgehead atoms. The normalized spacial score (nSPS) is 12.2. The molecular weight excluding hydrogens is 204 g/mol. The van der Waals surface area contributed by atoms with Crippen LogP contribution in [-0.2, 0) is 11.2 Å². The average Bonchev–Trinajstić information content (AvgIpc) is 2.21. The fraction of sp³-hybridized carbons (Fsp3) is 0.500. The third-order valence-electron chi connectivity index (χ3n) is 2.42. The van der Waals surface area contributed by atoms with Crippen LogP contribution in [0.25, 0.3) is 0 Å².